The number of benzene rings is 1. The van der Waals surface area contributed by atoms with Gasteiger partial charge in [0.15, 0.2) is 11.6 Å². The summed E-state index contributed by atoms with van der Waals surface area (Å²) in [6.45, 7) is 1.16. The monoisotopic (exact) mass is 145 g/mol. The van der Waals surface area contributed by atoms with Crippen LogP contribution in [0.1, 0.15) is 5.56 Å². The fraction of sp³-hybridized carbons (Fsp3) is 0.143. The van der Waals surface area contributed by atoms with E-state index in [0.29, 0.717) is 6.07 Å². The lowest BCUT2D eigenvalue weighted by Crippen LogP contribution is -1.92. The van der Waals surface area contributed by atoms with Crippen molar-refractivity contribution in [2.75, 3.05) is 0 Å². The molecule has 0 heterocycles. The van der Waals surface area contributed by atoms with E-state index >= 15 is 0 Å². The summed E-state index contributed by atoms with van der Waals surface area (Å²) >= 11 is 0. The Morgan fingerprint density at radius 1 is 1.30 bits per heavy atom. The summed E-state index contributed by atoms with van der Waals surface area (Å²) in [6, 6.07) is 2.56. The lowest BCUT2D eigenvalue weighted by Gasteiger charge is -1.96. The van der Waals surface area contributed by atoms with Crippen LogP contribution in [0.2, 0.25) is 0 Å². The van der Waals surface area contributed by atoms with E-state index in [1.807, 2.05) is 6.07 Å². The first-order valence-corrected chi connectivity index (χ1v) is 2.64. The average Bonchev–Trinajstić information content (AvgIpc) is 1.93. The van der Waals surface area contributed by atoms with Crippen molar-refractivity contribution >= 4 is 0 Å². The molecule has 3 heteroatoms. The summed E-state index contributed by atoms with van der Waals surface area (Å²) in [7, 11) is 0. The Morgan fingerprint density at radius 3 is 2.40 bits per heavy atom. The molecule has 0 aliphatic carbocycles. The van der Waals surface area contributed by atoms with Crippen LogP contribution in [0.4, 0.5) is 13.2 Å². The molecule has 0 aliphatic heterocycles. The molecule has 0 aromatic heterocycles. The van der Waals surface area contributed by atoms with Gasteiger partial charge in [0.2, 0.25) is 0 Å². The van der Waals surface area contributed by atoms with Gasteiger partial charge in [-0.15, -0.1) is 0 Å². The van der Waals surface area contributed by atoms with Crippen molar-refractivity contribution in [3.8, 4) is 0 Å². The maximum Gasteiger partial charge on any atom is 0.164 e. The van der Waals surface area contributed by atoms with Gasteiger partial charge in [-0.2, -0.15) is 0 Å². The van der Waals surface area contributed by atoms with E-state index in [1.54, 1.807) is 0 Å². The van der Waals surface area contributed by atoms with E-state index in [2.05, 4.69) is 0 Å². The van der Waals surface area contributed by atoms with Crippen molar-refractivity contribution in [2.24, 2.45) is 0 Å². The summed E-state index contributed by atoms with van der Waals surface area (Å²) in [6.07, 6.45) is 0. The number of hydrogen-bond donors (Lipinski definition) is 0. The van der Waals surface area contributed by atoms with Crippen molar-refractivity contribution in [2.45, 2.75) is 6.92 Å². The Balaban J connectivity index is 3.34. The predicted octanol–water partition coefficient (Wildman–Crippen LogP) is 2.21. The summed E-state index contributed by atoms with van der Waals surface area (Å²) < 4.78 is 36.8. The van der Waals surface area contributed by atoms with Crippen LogP contribution in [0.5, 0.6) is 0 Å². The molecule has 0 bridgehead atoms. The lowest BCUT2D eigenvalue weighted by atomic mass is 10.2. The molecule has 0 saturated carbocycles. The Kier molecular flexibility index (Phi) is 1.66. The maximum atomic E-state index is 12.4. The minimum absolute atomic E-state index is 0.333. The van der Waals surface area contributed by atoms with Gasteiger partial charge >= 0.3 is 0 Å². The fourth-order valence-electron chi connectivity index (χ4n) is 0.574. The van der Waals surface area contributed by atoms with Crippen LogP contribution in [-0.2, 0) is 0 Å². The van der Waals surface area contributed by atoms with Gasteiger partial charge in [0.05, 0.1) is 0 Å². The highest BCUT2D eigenvalue weighted by molar-refractivity contribution is 5.17. The second kappa shape index (κ2) is 2.33. The largest absolute Gasteiger partial charge is 0.206 e. The minimum Gasteiger partial charge on any atom is -0.206 e. The lowest BCUT2D eigenvalue weighted by molar-refractivity contribution is 0.485. The molecular weight excluding hydrogens is 141 g/mol. The van der Waals surface area contributed by atoms with Crippen LogP contribution in [0.15, 0.2) is 6.07 Å². The van der Waals surface area contributed by atoms with Crippen molar-refractivity contribution < 1.29 is 13.2 Å². The van der Waals surface area contributed by atoms with Crippen molar-refractivity contribution in [3.63, 3.8) is 0 Å². The van der Waals surface area contributed by atoms with E-state index in [9.17, 15) is 13.2 Å². The first kappa shape index (κ1) is 7.12. The van der Waals surface area contributed by atoms with E-state index in [-0.39, 0.29) is 5.56 Å². The van der Waals surface area contributed by atoms with Gasteiger partial charge in [-0.05, 0) is 13.0 Å². The molecule has 1 aromatic carbocycles. The van der Waals surface area contributed by atoms with E-state index in [0.717, 1.165) is 6.92 Å². The molecule has 10 heavy (non-hydrogen) atoms. The topological polar surface area (TPSA) is 0 Å². The molecule has 1 radical (unpaired) electrons. The number of rotatable bonds is 0. The van der Waals surface area contributed by atoms with Crippen molar-refractivity contribution in [1.29, 1.82) is 0 Å². The maximum absolute atomic E-state index is 12.4. The van der Waals surface area contributed by atoms with Gasteiger partial charge in [-0.1, -0.05) is 0 Å². The van der Waals surface area contributed by atoms with Gasteiger partial charge in [0, 0.05) is 11.6 Å². The third kappa shape index (κ3) is 0.988. The molecule has 1 rings (SSSR count). The van der Waals surface area contributed by atoms with Crippen LogP contribution in [0.25, 0.3) is 0 Å². The summed E-state index contributed by atoms with van der Waals surface area (Å²) in [4.78, 5) is 0. The fourth-order valence-corrected chi connectivity index (χ4v) is 0.574. The first-order chi connectivity index (χ1) is 4.63. The standard InChI is InChI=1S/C7H4F3/c1-4-5(8)2-3-6(9)7(4)10/h3H,1H3. The summed E-state index contributed by atoms with van der Waals surface area (Å²) in [5, 5.41) is 0. The van der Waals surface area contributed by atoms with Crippen molar-refractivity contribution in [1.82, 2.24) is 0 Å². The summed E-state index contributed by atoms with van der Waals surface area (Å²) in [5.41, 5.74) is -0.333. The van der Waals surface area contributed by atoms with Crippen LogP contribution in [0, 0.1) is 30.4 Å². The highest BCUT2D eigenvalue weighted by Gasteiger charge is 2.08. The molecule has 0 saturated heterocycles. The Bertz CT molecular complexity index is 228. The number of halogens is 3. The molecule has 53 valence electrons. The second-order valence-electron chi connectivity index (χ2n) is 1.89. The molecule has 1 aromatic rings. The molecule has 0 fully saturated rings. The zero-order valence-electron chi connectivity index (χ0n) is 5.21. The van der Waals surface area contributed by atoms with E-state index in [1.165, 1.54) is 0 Å². The Morgan fingerprint density at radius 2 is 1.90 bits per heavy atom. The highest BCUT2D eigenvalue weighted by Crippen LogP contribution is 2.12. The zero-order valence-corrected chi connectivity index (χ0v) is 5.21. The normalized spacial score (nSPS) is 10.0. The van der Waals surface area contributed by atoms with Gasteiger partial charge < -0.3 is 0 Å². The van der Waals surface area contributed by atoms with Gasteiger partial charge in [-0.3, -0.25) is 0 Å². The molecule has 0 nitrogen and oxygen atoms in total. The Hall–Kier alpha value is -0.990. The summed E-state index contributed by atoms with van der Waals surface area (Å²) in [5.74, 6) is -3.06. The SMILES string of the molecule is Cc1c(F)[c]cc(F)c1F. The Labute approximate surface area is 56.3 Å². The molecule has 0 spiro atoms. The molecular formula is C7H4F3. The van der Waals surface area contributed by atoms with Crippen molar-refractivity contribution in [3.05, 3.63) is 35.1 Å². The quantitative estimate of drug-likeness (QED) is 0.491. The van der Waals surface area contributed by atoms with Crippen LogP contribution >= 0.6 is 0 Å². The molecule has 0 unspecified atom stereocenters. The third-order valence-electron chi connectivity index (χ3n) is 1.19. The molecule has 0 amide bonds. The molecule has 0 atom stereocenters. The van der Waals surface area contributed by atoms with E-state index < -0.39 is 17.5 Å². The minimum atomic E-state index is -1.14. The van der Waals surface area contributed by atoms with Gasteiger partial charge in [0.25, 0.3) is 0 Å². The molecule has 0 N–H and O–H groups in total. The average molecular weight is 145 g/mol. The van der Waals surface area contributed by atoms with Gasteiger partial charge in [0.1, 0.15) is 5.82 Å². The van der Waals surface area contributed by atoms with Gasteiger partial charge in [-0.25, -0.2) is 13.2 Å². The highest BCUT2D eigenvalue weighted by atomic mass is 19.2. The first-order valence-electron chi connectivity index (χ1n) is 2.64. The van der Waals surface area contributed by atoms with Crippen LogP contribution in [0.3, 0.4) is 0 Å². The van der Waals surface area contributed by atoms with Crippen LogP contribution < -0.4 is 0 Å². The second-order valence-corrected chi connectivity index (χ2v) is 1.89. The number of hydrogen-bond acceptors (Lipinski definition) is 0. The third-order valence-corrected chi connectivity index (χ3v) is 1.19. The van der Waals surface area contributed by atoms with E-state index in [4.69, 9.17) is 0 Å². The zero-order chi connectivity index (χ0) is 7.72. The van der Waals surface area contributed by atoms with Crippen LogP contribution in [-0.4, -0.2) is 0 Å². The smallest absolute Gasteiger partial charge is 0.164 e. The predicted molar refractivity (Wildman–Crippen MR) is 29.9 cm³/mol. The molecule has 0 aliphatic rings.